The number of halogens is 2. The highest BCUT2D eigenvalue weighted by atomic mass is 35.5. The highest BCUT2D eigenvalue weighted by Gasteiger charge is 2.37. The molecule has 0 aliphatic carbocycles. The third-order valence-corrected chi connectivity index (χ3v) is 3.19. The molecule has 0 unspecified atom stereocenters. The average Bonchev–Trinajstić information content (AvgIpc) is 2.22. The van der Waals surface area contributed by atoms with Gasteiger partial charge in [0.25, 0.3) is 0 Å². The summed E-state index contributed by atoms with van der Waals surface area (Å²) in [5.41, 5.74) is 0.327. The number of hydrogen-bond acceptors (Lipinski definition) is 3. The zero-order valence-corrected chi connectivity index (χ0v) is 10.0. The van der Waals surface area contributed by atoms with Gasteiger partial charge in [0.05, 0.1) is 13.2 Å². The fourth-order valence-electron chi connectivity index (χ4n) is 1.48. The molecule has 0 amide bonds. The van der Waals surface area contributed by atoms with E-state index in [1.54, 1.807) is 18.2 Å². The Bertz CT molecular complexity index is 405. The number of hydrogen-bond donors (Lipinski definition) is 1. The SMILES string of the molecule is O=CC1(NCc2cc(Cl)ccc2Cl)COC1. The number of carbonyl (C=O) groups is 1. The second-order valence-corrected chi connectivity index (χ2v) is 4.70. The summed E-state index contributed by atoms with van der Waals surface area (Å²) in [6.45, 7) is 1.32. The van der Waals surface area contributed by atoms with Crippen molar-refractivity contribution in [3.63, 3.8) is 0 Å². The van der Waals surface area contributed by atoms with E-state index in [2.05, 4.69) is 5.32 Å². The second kappa shape index (κ2) is 4.72. The van der Waals surface area contributed by atoms with E-state index in [9.17, 15) is 4.79 Å². The molecule has 0 aromatic heterocycles. The summed E-state index contributed by atoms with van der Waals surface area (Å²) in [5.74, 6) is 0. The maximum absolute atomic E-state index is 10.9. The van der Waals surface area contributed by atoms with Gasteiger partial charge in [-0.15, -0.1) is 0 Å². The van der Waals surface area contributed by atoms with Gasteiger partial charge in [0.2, 0.25) is 0 Å². The molecule has 2 rings (SSSR count). The number of rotatable bonds is 4. The lowest BCUT2D eigenvalue weighted by molar-refractivity contribution is -0.133. The molecular weight excluding hydrogens is 249 g/mol. The Balaban J connectivity index is 2.04. The van der Waals surface area contributed by atoms with Crippen molar-refractivity contribution >= 4 is 29.5 Å². The van der Waals surface area contributed by atoms with Crippen LogP contribution in [0.25, 0.3) is 0 Å². The quantitative estimate of drug-likeness (QED) is 0.842. The highest BCUT2D eigenvalue weighted by molar-refractivity contribution is 6.33. The van der Waals surface area contributed by atoms with Crippen LogP contribution in [0.5, 0.6) is 0 Å². The van der Waals surface area contributed by atoms with Crippen molar-refractivity contribution in [1.29, 1.82) is 0 Å². The van der Waals surface area contributed by atoms with Crippen LogP contribution in [0.2, 0.25) is 10.0 Å². The Morgan fingerprint density at radius 1 is 1.44 bits per heavy atom. The summed E-state index contributed by atoms with van der Waals surface area (Å²) in [6.07, 6.45) is 0.884. The molecule has 0 saturated carbocycles. The zero-order chi connectivity index (χ0) is 11.6. The van der Waals surface area contributed by atoms with E-state index in [0.29, 0.717) is 29.8 Å². The van der Waals surface area contributed by atoms with E-state index in [-0.39, 0.29) is 0 Å². The predicted octanol–water partition coefficient (Wildman–Crippen LogP) is 2.05. The van der Waals surface area contributed by atoms with Gasteiger partial charge in [0, 0.05) is 16.6 Å². The Kier molecular flexibility index (Phi) is 3.50. The third-order valence-electron chi connectivity index (χ3n) is 2.58. The minimum Gasteiger partial charge on any atom is -0.376 e. The molecule has 1 aliphatic rings. The lowest BCUT2D eigenvalue weighted by atomic mass is 9.99. The fourth-order valence-corrected chi connectivity index (χ4v) is 1.86. The molecule has 0 atom stereocenters. The lowest BCUT2D eigenvalue weighted by Crippen LogP contribution is -2.61. The van der Waals surface area contributed by atoms with Crippen molar-refractivity contribution in [2.75, 3.05) is 13.2 Å². The largest absolute Gasteiger partial charge is 0.376 e. The topological polar surface area (TPSA) is 38.3 Å². The molecule has 1 aromatic carbocycles. The predicted molar refractivity (Wildman–Crippen MR) is 62.9 cm³/mol. The van der Waals surface area contributed by atoms with Gasteiger partial charge in [0.1, 0.15) is 11.8 Å². The first-order valence-corrected chi connectivity index (χ1v) is 5.64. The van der Waals surface area contributed by atoms with Crippen LogP contribution in [0.15, 0.2) is 18.2 Å². The standard InChI is InChI=1S/C11H11Cl2NO2/c12-9-1-2-10(13)8(3-9)4-14-11(5-15)6-16-7-11/h1-3,5,14H,4,6-7H2. The molecule has 86 valence electrons. The van der Waals surface area contributed by atoms with Crippen molar-refractivity contribution in [2.24, 2.45) is 0 Å². The first-order valence-electron chi connectivity index (χ1n) is 4.88. The van der Waals surface area contributed by atoms with E-state index in [4.69, 9.17) is 27.9 Å². The Morgan fingerprint density at radius 2 is 2.19 bits per heavy atom. The summed E-state index contributed by atoms with van der Waals surface area (Å²) in [6, 6.07) is 5.26. The minimum absolute atomic E-state index is 0.411. The Morgan fingerprint density at radius 3 is 2.75 bits per heavy atom. The molecule has 0 radical (unpaired) electrons. The van der Waals surface area contributed by atoms with Gasteiger partial charge >= 0.3 is 0 Å². The lowest BCUT2D eigenvalue weighted by Gasteiger charge is -2.37. The van der Waals surface area contributed by atoms with Crippen molar-refractivity contribution < 1.29 is 9.53 Å². The molecule has 1 saturated heterocycles. The molecule has 16 heavy (non-hydrogen) atoms. The first-order chi connectivity index (χ1) is 7.65. The summed E-state index contributed by atoms with van der Waals surface area (Å²) < 4.78 is 5.02. The highest BCUT2D eigenvalue weighted by Crippen LogP contribution is 2.22. The molecule has 1 heterocycles. The number of nitrogens with one attached hydrogen (secondary N) is 1. The number of benzene rings is 1. The van der Waals surface area contributed by atoms with E-state index >= 15 is 0 Å². The summed E-state index contributed by atoms with van der Waals surface area (Å²) in [5, 5.41) is 4.40. The van der Waals surface area contributed by atoms with Gasteiger partial charge in [-0.05, 0) is 23.8 Å². The van der Waals surface area contributed by atoms with Crippen LogP contribution < -0.4 is 5.32 Å². The van der Waals surface area contributed by atoms with Crippen LogP contribution >= 0.6 is 23.2 Å². The maximum Gasteiger partial charge on any atom is 0.144 e. The Hall–Kier alpha value is -0.610. The number of ether oxygens (including phenoxy) is 1. The molecule has 1 fully saturated rings. The van der Waals surface area contributed by atoms with E-state index in [1.807, 2.05) is 0 Å². The minimum atomic E-state index is -0.550. The summed E-state index contributed by atoms with van der Waals surface area (Å²) in [4.78, 5) is 10.9. The first kappa shape index (κ1) is 11.9. The summed E-state index contributed by atoms with van der Waals surface area (Å²) in [7, 11) is 0. The van der Waals surface area contributed by atoms with Crippen molar-refractivity contribution in [1.82, 2.24) is 5.32 Å². The van der Waals surface area contributed by atoms with Crippen molar-refractivity contribution in [3.05, 3.63) is 33.8 Å². The molecule has 3 nitrogen and oxygen atoms in total. The van der Waals surface area contributed by atoms with Gasteiger partial charge in [0.15, 0.2) is 0 Å². The summed E-state index contributed by atoms with van der Waals surface area (Å²) >= 11 is 11.9. The zero-order valence-electron chi connectivity index (χ0n) is 8.50. The molecule has 5 heteroatoms. The fraction of sp³-hybridized carbons (Fsp3) is 0.364. The Labute approximate surface area is 104 Å². The number of carbonyl (C=O) groups excluding carboxylic acids is 1. The van der Waals surface area contributed by atoms with Crippen LogP contribution in [-0.4, -0.2) is 25.0 Å². The van der Waals surface area contributed by atoms with Gasteiger partial charge < -0.3 is 9.53 Å². The normalized spacial score (nSPS) is 17.9. The second-order valence-electron chi connectivity index (χ2n) is 3.86. The van der Waals surface area contributed by atoms with Gasteiger partial charge in [-0.3, -0.25) is 5.32 Å². The number of aldehydes is 1. The van der Waals surface area contributed by atoms with E-state index in [0.717, 1.165) is 11.8 Å². The van der Waals surface area contributed by atoms with Crippen LogP contribution in [-0.2, 0) is 16.1 Å². The maximum atomic E-state index is 10.9. The molecular formula is C11H11Cl2NO2. The van der Waals surface area contributed by atoms with Gasteiger partial charge in [-0.1, -0.05) is 23.2 Å². The van der Waals surface area contributed by atoms with Crippen LogP contribution in [0, 0.1) is 0 Å². The molecule has 0 bridgehead atoms. The van der Waals surface area contributed by atoms with E-state index in [1.165, 1.54) is 0 Å². The smallest absolute Gasteiger partial charge is 0.144 e. The monoisotopic (exact) mass is 259 g/mol. The van der Waals surface area contributed by atoms with Gasteiger partial charge in [-0.2, -0.15) is 0 Å². The molecule has 0 spiro atoms. The molecule has 1 aromatic rings. The third kappa shape index (κ3) is 2.38. The average molecular weight is 260 g/mol. The molecule has 1 N–H and O–H groups in total. The van der Waals surface area contributed by atoms with Crippen molar-refractivity contribution in [2.45, 2.75) is 12.1 Å². The van der Waals surface area contributed by atoms with Crippen LogP contribution in [0.3, 0.4) is 0 Å². The van der Waals surface area contributed by atoms with E-state index < -0.39 is 5.54 Å². The van der Waals surface area contributed by atoms with Crippen molar-refractivity contribution in [3.8, 4) is 0 Å². The van der Waals surface area contributed by atoms with Gasteiger partial charge in [-0.25, -0.2) is 0 Å². The van der Waals surface area contributed by atoms with Crippen LogP contribution in [0.4, 0.5) is 0 Å². The van der Waals surface area contributed by atoms with Crippen LogP contribution in [0.1, 0.15) is 5.56 Å². The molecule has 1 aliphatic heterocycles.